The number of aromatic hydroxyl groups is 1. The van der Waals surface area contributed by atoms with E-state index in [2.05, 4.69) is 0 Å². The Hall–Kier alpha value is -2.49. The summed E-state index contributed by atoms with van der Waals surface area (Å²) in [5, 5.41) is 21.1. The van der Waals surface area contributed by atoms with E-state index in [1.54, 1.807) is 24.3 Å². The van der Waals surface area contributed by atoms with Gasteiger partial charge in [-0.1, -0.05) is 53.5 Å². The second-order valence-corrected chi connectivity index (χ2v) is 6.94. The van der Waals surface area contributed by atoms with Gasteiger partial charge in [0.05, 0.1) is 0 Å². The lowest BCUT2D eigenvalue weighted by molar-refractivity contribution is 0.0693. The molecule has 0 radical (unpaired) electrons. The molecule has 0 bridgehead atoms. The van der Waals surface area contributed by atoms with Gasteiger partial charge in [0.15, 0.2) is 0 Å². The number of carboxylic acid groups (broad SMARTS) is 1. The van der Waals surface area contributed by atoms with Crippen molar-refractivity contribution in [3.8, 4) is 5.75 Å². The van der Waals surface area contributed by atoms with Gasteiger partial charge in [-0.05, 0) is 59.0 Å². The highest BCUT2D eigenvalue weighted by Gasteiger charge is 2.16. The topological polar surface area (TPSA) is 57.5 Å². The van der Waals surface area contributed by atoms with Crippen molar-refractivity contribution in [2.24, 2.45) is 0 Å². The second kappa shape index (κ2) is 7.81. The number of rotatable bonds is 5. The molecule has 3 aromatic rings. The SMILES string of the molecule is O=C(O)c1cc(Cc2ccc(Cl)cc2)cc(Cc2ccc(Cl)cc2)c1O. The molecule has 3 nitrogen and oxygen atoms in total. The number of phenols is 1. The molecule has 0 aliphatic heterocycles. The predicted molar refractivity (Wildman–Crippen MR) is 104 cm³/mol. The van der Waals surface area contributed by atoms with Crippen molar-refractivity contribution in [3.05, 3.63) is 98.5 Å². The molecule has 2 N–H and O–H groups in total. The summed E-state index contributed by atoms with van der Waals surface area (Å²) in [6, 6.07) is 18.0. The van der Waals surface area contributed by atoms with E-state index in [-0.39, 0.29) is 11.3 Å². The molecular formula is C21H16Cl2O3. The lowest BCUT2D eigenvalue weighted by atomic mass is 9.95. The number of carboxylic acids is 1. The van der Waals surface area contributed by atoms with Crippen molar-refractivity contribution >= 4 is 29.2 Å². The van der Waals surface area contributed by atoms with Crippen molar-refractivity contribution in [3.63, 3.8) is 0 Å². The zero-order valence-corrected chi connectivity index (χ0v) is 15.3. The van der Waals surface area contributed by atoms with Crippen LogP contribution < -0.4 is 0 Å². The largest absolute Gasteiger partial charge is 0.507 e. The van der Waals surface area contributed by atoms with Crippen LogP contribution in [0.2, 0.25) is 10.0 Å². The molecule has 0 aliphatic carbocycles. The fraction of sp³-hybridized carbons (Fsp3) is 0.0952. The number of hydrogen-bond donors (Lipinski definition) is 2. The van der Waals surface area contributed by atoms with E-state index in [4.69, 9.17) is 23.2 Å². The van der Waals surface area contributed by atoms with Crippen LogP contribution in [0.4, 0.5) is 0 Å². The minimum absolute atomic E-state index is 0.0968. The van der Waals surface area contributed by atoms with Gasteiger partial charge in [0.2, 0.25) is 0 Å². The third-order valence-electron chi connectivity index (χ3n) is 4.11. The Labute approximate surface area is 161 Å². The van der Waals surface area contributed by atoms with Crippen LogP contribution in [0.5, 0.6) is 5.75 Å². The van der Waals surface area contributed by atoms with Gasteiger partial charge in [0.25, 0.3) is 0 Å². The predicted octanol–water partition coefficient (Wildman–Crippen LogP) is 5.58. The van der Waals surface area contributed by atoms with Crippen molar-refractivity contribution in [2.75, 3.05) is 0 Å². The molecule has 0 atom stereocenters. The molecule has 0 amide bonds. The summed E-state index contributed by atoms with van der Waals surface area (Å²) in [5.74, 6) is -1.36. The Balaban J connectivity index is 1.97. The van der Waals surface area contributed by atoms with Crippen LogP contribution in [0.25, 0.3) is 0 Å². The molecule has 0 spiro atoms. The number of benzene rings is 3. The Morgan fingerprint density at radius 1 is 0.769 bits per heavy atom. The van der Waals surface area contributed by atoms with Crippen LogP contribution in [-0.2, 0) is 12.8 Å². The van der Waals surface area contributed by atoms with Gasteiger partial charge in [0, 0.05) is 16.5 Å². The Bertz CT molecular complexity index is 933. The van der Waals surface area contributed by atoms with Crippen LogP contribution in [0.15, 0.2) is 60.7 Å². The van der Waals surface area contributed by atoms with E-state index < -0.39 is 5.97 Å². The molecule has 3 rings (SSSR count). The number of aromatic carboxylic acids is 1. The van der Waals surface area contributed by atoms with E-state index in [9.17, 15) is 15.0 Å². The highest BCUT2D eigenvalue weighted by atomic mass is 35.5. The van der Waals surface area contributed by atoms with E-state index in [0.29, 0.717) is 28.5 Å². The van der Waals surface area contributed by atoms with Crippen LogP contribution in [0.3, 0.4) is 0 Å². The summed E-state index contributed by atoms with van der Waals surface area (Å²) < 4.78 is 0. The number of hydrogen-bond acceptors (Lipinski definition) is 2. The summed E-state index contributed by atoms with van der Waals surface area (Å²) in [7, 11) is 0. The van der Waals surface area contributed by atoms with Gasteiger partial charge in [-0.3, -0.25) is 0 Å². The summed E-state index contributed by atoms with van der Waals surface area (Å²) in [6.07, 6.45) is 0.961. The molecule has 0 aliphatic rings. The molecule has 0 heterocycles. The first-order chi connectivity index (χ1) is 12.4. The van der Waals surface area contributed by atoms with E-state index in [0.717, 1.165) is 16.7 Å². The van der Waals surface area contributed by atoms with Crippen molar-refractivity contribution in [1.82, 2.24) is 0 Å². The number of carbonyl (C=O) groups is 1. The summed E-state index contributed by atoms with van der Waals surface area (Å²) in [6.45, 7) is 0. The van der Waals surface area contributed by atoms with Crippen molar-refractivity contribution in [2.45, 2.75) is 12.8 Å². The van der Waals surface area contributed by atoms with Crippen molar-refractivity contribution in [1.29, 1.82) is 0 Å². The standard InChI is InChI=1S/C21H16Cl2O3/c22-17-5-1-13(2-6-17)9-15-11-16(20(24)19(12-15)21(25)26)10-14-3-7-18(23)8-4-14/h1-8,11-12,24H,9-10H2,(H,25,26). The third-order valence-corrected chi connectivity index (χ3v) is 4.61. The normalized spacial score (nSPS) is 10.7. The zero-order chi connectivity index (χ0) is 18.7. The van der Waals surface area contributed by atoms with Crippen LogP contribution in [-0.4, -0.2) is 16.2 Å². The highest BCUT2D eigenvalue weighted by Crippen LogP contribution is 2.29. The molecule has 0 saturated carbocycles. The Kier molecular flexibility index (Phi) is 5.50. The van der Waals surface area contributed by atoms with Crippen LogP contribution in [0, 0.1) is 0 Å². The fourth-order valence-electron chi connectivity index (χ4n) is 2.82. The first kappa shape index (κ1) is 18.3. The first-order valence-electron chi connectivity index (χ1n) is 7.99. The summed E-state index contributed by atoms with van der Waals surface area (Å²) in [5.41, 5.74) is 3.22. The van der Waals surface area contributed by atoms with Gasteiger partial charge in [-0.15, -0.1) is 0 Å². The Morgan fingerprint density at radius 3 is 1.77 bits per heavy atom. The van der Waals surface area contributed by atoms with Gasteiger partial charge in [-0.2, -0.15) is 0 Å². The fourth-order valence-corrected chi connectivity index (χ4v) is 3.07. The maximum absolute atomic E-state index is 11.5. The van der Waals surface area contributed by atoms with E-state index >= 15 is 0 Å². The lowest BCUT2D eigenvalue weighted by Crippen LogP contribution is -2.03. The molecule has 0 fully saturated rings. The van der Waals surface area contributed by atoms with Gasteiger partial charge in [0.1, 0.15) is 11.3 Å². The Morgan fingerprint density at radius 2 is 1.27 bits per heavy atom. The van der Waals surface area contributed by atoms with Crippen molar-refractivity contribution < 1.29 is 15.0 Å². The lowest BCUT2D eigenvalue weighted by Gasteiger charge is -2.12. The molecule has 26 heavy (non-hydrogen) atoms. The molecule has 0 aromatic heterocycles. The summed E-state index contributed by atoms with van der Waals surface area (Å²) >= 11 is 11.8. The molecule has 0 unspecified atom stereocenters. The molecule has 0 saturated heterocycles. The van der Waals surface area contributed by atoms with Crippen LogP contribution in [0.1, 0.15) is 32.6 Å². The number of halogens is 2. The maximum Gasteiger partial charge on any atom is 0.339 e. The summed E-state index contributed by atoms with van der Waals surface area (Å²) in [4.78, 5) is 11.5. The monoisotopic (exact) mass is 386 g/mol. The van der Waals surface area contributed by atoms with Gasteiger partial charge >= 0.3 is 5.97 Å². The highest BCUT2D eigenvalue weighted by molar-refractivity contribution is 6.30. The molecule has 132 valence electrons. The molecule has 3 aromatic carbocycles. The quantitative estimate of drug-likeness (QED) is 0.601. The van der Waals surface area contributed by atoms with E-state index in [1.165, 1.54) is 6.07 Å². The molecular weight excluding hydrogens is 371 g/mol. The zero-order valence-electron chi connectivity index (χ0n) is 13.7. The van der Waals surface area contributed by atoms with Gasteiger partial charge < -0.3 is 10.2 Å². The minimum atomic E-state index is -1.15. The van der Waals surface area contributed by atoms with E-state index in [1.807, 2.05) is 30.3 Å². The van der Waals surface area contributed by atoms with Gasteiger partial charge in [-0.25, -0.2) is 4.79 Å². The van der Waals surface area contributed by atoms with Crippen LogP contribution >= 0.6 is 23.2 Å². The first-order valence-corrected chi connectivity index (χ1v) is 8.75. The smallest absolute Gasteiger partial charge is 0.339 e. The molecule has 5 heteroatoms. The average molecular weight is 387 g/mol. The third kappa shape index (κ3) is 4.37. The average Bonchev–Trinajstić information content (AvgIpc) is 2.61. The second-order valence-electron chi connectivity index (χ2n) is 6.06. The maximum atomic E-state index is 11.5. The minimum Gasteiger partial charge on any atom is -0.507 e.